The van der Waals surface area contributed by atoms with Gasteiger partial charge in [0.2, 0.25) is 0 Å². The zero-order valence-corrected chi connectivity index (χ0v) is 18.5. The lowest BCUT2D eigenvalue weighted by atomic mass is 10.1. The molecule has 0 atom stereocenters. The van der Waals surface area contributed by atoms with Crippen LogP contribution >= 0.6 is 0 Å². The van der Waals surface area contributed by atoms with Gasteiger partial charge in [-0.1, -0.05) is 12.1 Å². The molecule has 3 aromatic rings. The molecule has 9 heteroatoms. The molecule has 2 aromatic heterocycles. The predicted molar refractivity (Wildman–Crippen MR) is 120 cm³/mol. The molecule has 0 saturated carbocycles. The highest BCUT2D eigenvalue weighted by Gasteiger charge is 2.19. The Kier molecular flexibility index (Phi) is 6.27. The molecule has 0 radical (unpaired) electrons. The van der Waals surface area contributed by atoms with E-state index in [-0.39, 0.29) is 29.6 Å². The fraction of sp³-hybridized carbons (Fsp3) is 0.435. The second kappa shape index (κ2) is 9.12. The molecule has 0 unspecified atom stereocenters. The van der Waals surface area contributed by atoms with Crippen molar-refractivity contribution >= 4 is 23.3 Å². The van der Waals surface area contributed by atoms with Crippen molar-refractivity contribution in [1.82, 2.24) is 18.7 Å². The maximum atomic E-state index is 14.6. The van der Waals surface area contributed by atoms with Crippen LogP contribution in [0.2, 0.25) is 0 Å². The summed E-state index contributed by atoms with van der Waals surface area (Å²) in [5.41, 5.74) is 0.601. The van der Waals surface area contributed by atoms with E-state index in [0.29, 0.717) is 42.3 Å². The number of fused-ring (bicyclic) bond motifs is 1. The van der Waals surface area contributed by atoms with Crippen LogP contribution in [0.5, 0.6) is 5.75 Å². The van der Waals surface area contributed by atoms with Crippen molar-refractivity contribution in [1.29, 1.82) is 0 Å². The number of ether oxygens (including phenoxy) is 2. The third-order valence-corrected chi connectivity index (χ3v) is 5.75. The van der Waals surface area contributed by atoms with Gasteiger partial charge in [-0.2, -0.15) is 0 Å². The average molecular weight is 442 g/mol. The molecule has 3 heterocycles. The van der Waals surface area contributed by atoms with Crippen LogP contribution in [-0.2, 0) is 24.9 Å². The minimum atomic E-state index is -0.436. The molecule has 170 valence electrons. The zero-order valence-electron chi connectivity index (χ0n) is 18.5. The van der Waals surface area contributed by atoms with Gasteiger partial charge in [0.15, 0.2) is 22.7 Å². The fourth-order valence-corrected chi connectivity index (χ4v) is 3.95. The van der Waals surface area contributed by atoms with Gasteiger partial charge in [-0.3, -0.25) is 13.9 Å². The lowest BCUT2D eigenvalue weighted by Gasteiger charge is -2.23. The number of rotatable bonds is 6. The van der Waals surface area contributed by atoms with Crippen molar-refractivity contribution in [3.05, 3.63) is 56.2 Å². The normalized spacial score (nSPS) is 15.1. The molecule has 0 bridgehead atoms. The third kappa shape index (κ3) is 4.00. The Morgan fingerprint density at radius 1 is 1.16 bits per heavy atom. The summed E-state index contributed by atoms with van der Waals surface area (Å²) < 4.78 is 30.0. The molecule has 1 aliphatic heterocycles. The Balaban J connectivity index is 1.65. The van der Waals surface area contributed by atoms with E-state index in [1.807, 2.05) is 6.92 Å². The molecule has 0 spiro atoms. The Morgan fingerprint density at radius 3 is 2.53 bits per heavy atom. The molecule has 32 heavy (non-hydrogen) atoms. The van der Waals surface area contributed by atoms with E-state index in [1.165, 1.54) is 15.2 Å². The van der Waals surface area contributed by atoms with Crippen molar-refractivity contribution < 1.29 is 13.9 Å². The first-order valence-corrected chi connectivity index (χ1v) is 10.9. The molecule has 1 fully saturated rings. The standard InChI is InChI=1S/C23H27FN4O4/c1-4-27-21-20(22(29)28(5-2)23(27)30)26(3)19(25-21)9-7-15-6-8-18(17(24)14-15)32-16-10-12-31-13-11-16/h6-9,14,16H,4-5,10-13H2,1-3H3. The van der Waals surface area contributed by atoms with Crippen molar-refractivity contribution in [2.45, 2.75) is 45.9 Å². The van der Waals surface area contributed by atoms with Gasteiger partial charge < -0.3 is 14.0 Å². The van der Waals surface area contributed by atoms with Gasteiger partial charge >= 0.3 is 5.69 Å². The third-order valence-electron chi connectivity index (χ3n) is 5.75. The Morgan fingerprint density at radius 2 is 1.88 bits per heavy atom. The highest BCUT2D eigenvalue weighted by atomic mass is 19.1. The first kappa shape index (κ1) is 22.0. The smallest absolute Gasteiger partial charge is 0.332 e. The highest BCUT2D eigenvalue weighted by Crippen LogP contribution is 2.23. The molecule has 0 amide bonds. The number of imidazole rings is 1. The molecule has 1 aliphatic rings. The molecule has 1 aromatic carbocycles. The largest absolute Gasteiger partial charge is 0.487 e. The Labute approximate surface area is 184 Å². The second-order valence-corrected chi connectivity index (χ2v) is 7.73. The van der Waals surface area contributed by atoms with E-state index in [9.17, 15) is 14.0 Å². The minimum absolute atomic E-state index is 0.0389. The maximum Gasteiger partial charge on any atom is 0.332 e. The van der Waals surface area contributed by atoms with E-state index in [1.54, 1.807) is 42.8 Å². The van der Waals surface area contributed by atoms with E-state index in [0.717, 1.165) is 12.8 Å². The number of aryl methyl sites for hydroxylation is 2. The van der Waals surface area contributed by atoms with Gasteiger partial charge in [-0.25, -0.2) is 14.2 Å². The average Bonchev–Trinajstić information content (AvgIpc) is 3.11. The topological polar surface area (TPSA) is 80.3 Å². The number of nitrogens with zero attached hydrogens (tertiary/aromatic N) is 4. The fourth-order valence-electron chi connectivity index (χ4n) is 3.95. The van der Waals surface area contributed by atoms with Gasteiger partial charge in [0, 0.05) is 33.0 Å². The van der Waals surface area contributed by atoms with Crippen molar-refractivity contribution in [2.24, 2.45) is 7.05 Å². The molecule has 0 aliphatic carbocycles. The van der Waals surface area contributed by atoms with Gasteiger partial charge in [0.25, 0.3) is 5.56 Å². The van der Waals surface area contributed by atoms with Crippen LogP contribution in [-0.4, -0.2) is 38.0 Å². The van der Waals surface area contributed by atoms with Crippen LogP contribution in [0.25, 0.3) is 23.3 Å². The van der Waals surface area contributed by atoms with Crippen molar-refractivity contribution in [3.8, 4) is 5.75 Å². The first-order valence-electron chi connectivity index (χ1n) is 10.9. The zero-order chi connectivity index (χ0) is 22.8. The first-order chi connectivity index (χ1) is 15.4. The summed E-state index contributed by atoms with van der Waals surface area (Å²) >= 11 is 0. The summed E-state index contributed by atoms with van der Waals surface area (Å²) in [5, 5.41) is 0. The summed E-state index contributed by atoms with van der Waals surface area (Å²) in [6, 6.07) is 4.79. The van der Waals surface area contributed by atoms with Crippen LogP contribution in [0.4, 0.5) is 4.39 Å². The monoisotopic (exact) mass is 442 g/mol. The van der Waals surface area contributed by atoms with Crippen LogP contribution in [0.15, 0.2) is 27.8 Å². The molecule has 1 saturated heterocycles. The van der Waals surface area contributed by atoms with Gasteiger partial charge in [-0.05, 0) is 37.6 Å². The molecule has 0 N–H and O–H groups in total. The van der Waals surface area contributed by atoms with Gasteiger partial charge in [0.1, 0.15) is 11.9 Å². The lowest BCUT2D eigenvalue weighted by molar-refractivity contribution is 0.0240. The Bertz CT molecular complexity index is 1280. The van der Waals surface area contributed by atoms with Crippen LogP contribution in [0.1, 0.15) is 38.1 Å². The van der Waals surface area contributed by atoms with Crippen molar-refractivity contribution in [3.63, 3.8) is 0 Å². The van der Waals surface area contributed by atoms with Crippen molar-refractivity contribution in [2.75, 3.05) is 13.2 Å². The summed E-state index contributed by atoms with van der Waals surface area (Å²) in [7, 11) is 1.73. The number of benzene rings is 1. The molecular weight excluding hydrogens is 415 g/mol. The van der Waals surface area contributed by atoms with Gasteiger partial charge in [-0.15, -0.1) is 0 Å². The summed E-state index contributed by atoms with van der Waals surface area (Å²) in [6.45, 7) is 5.53. The lowest BCUT2D eigenvalue weighted by Crippen LogP contribution is -2.39. The Hall–Kier alpha value is -3.20. The molecular formula is C23H27FN4O4. The number of aromatic nitrogens is 4. The van der Waals surface area contributed by atoms with Crippen LogP contribution in [0.3, 0.4) is 0 Å². The van der Waals surface area contributed by atoms with Crippen LogP contribution < -0.4 is 16.0 Å². The van der Waals surface area contributed by atoms with Gasteiger partial charge in [0.05, 0.1) is 13.2 Å². The van der Waals surface area contributed by atoms with Crippen LogP contribution in [0, 0.1) is 5.82 Å². The molecule has 8 nitrogen and oxygen atoms in total. The summed E-state index contributed by atoms with van der Waals surface area (Å²) in [4.78, 5) is 29.9. The van der Waals surface area contributed by atoms with E-state index in [2.05, 4.69) is 4.98 Å². The number of hydrogen-bond donors (Lipinski definition) is 0. The number of halogens is 1. The quantitative estimate of drug-likeness (QED) is 0.587. The van der Waals surface area contributed by atoms with E-state index < -0.39 is 5.82 Å². The number of hydrogen-bond acceptors (Lipinski definition) is 5. The summed E-state index contributed by atoms with van der Waals surface area (Å²) in [5.74, 6) is 0.286. The second-order valence-electron chi connectivity index (χ2n) is 7.73. The predicted octanol–water partition coefficient (Wildman–Crippen LogP) is 2.80. The minimum Gasteiger partial charge on any atom is -0.487 e. The maximum absolute atomic E-state index is 14.6. The molecule has 4 rings (SSSR count). The van der Waals surface area contributed by atoms with E-state index >= 15 is 0 Å². The summed E-state index contributed by atoms with van der Waals surface area (Å²) in [6.07, 6.45) is 4.87. The van der Waals surface area contributed by atoms with E-state index in [4.69, 9.17) is 9.47 Å². The highest BCUT2D eigenvalue weighted by molar-refractivity contribution is 5.76. The SMILES string of the molecule is CCn1c(=O)c2c(nc(C=Cc3ccc(OC4CCOCC4)c(F)c3)n2C)n(CC)c1=O.